The van der Waals surface area contributed by atoms with Gasteiger partial charge in [0.15, 0.2) is 5.96 Å². The van der Waals surface area contributed by atoms with Crippen LogP contribution >= 0.6 is 0 Å². The van der Waals surface area contributed by atoms with E-state index in [4.69, 9.17) is 4.99 Å². The second kappa shape index (κ2) is 10.3. The molecule has 0 saturated carbocycles. The van der Waals surface area contributed by atoms with Crippen LogP contribution in [0.2, 0.25) is 0 Å². The van der Waals surface area contributed by atoms with Crippen molar-refractivity contribution in [1.82, 2.24) is 25.3 Å². The van der Waals surface area contributed by atoms with Crippen LogP contribution in [-0.2, 0) is 6.54 Å². The van der Waals surface area contributed by atoms with E-state index in [-0.39, 0.29) is 0 Å². The first-order valence-electron chi connectivity index (χ1n) is 10.5. The van der Waals surface area contributed by atoms with E-state index in [0.29, 0.717) is 12.6 Å². The van der Waals surface area contributed by atoms with Crippen molar-refractivity contribution in [2.24, 2.45) is 10.9 Å². The Morgan fingerprint density at radius 1 is 1.25 bits per heavy atom. The normalized spacial score (nSPS) is 16.5. The topological polar surface area (TPSA) is 57.5 Å². The van der Waals surface area contributed by atoms with Gasteiger partial charge < -0.3 is 15.5 Å². The average Bonchev–Trinajstić information content (AvgIpc) is 3.22. The highest BCUT2D eigenvalue weighted by atomic mass is 15.3. The summed E-state index contributed by atoms with van der Waals surface area (Å²) < 4.78 is 1.88. The first-order chi connectivity index (χ1) is 13.6. The highest BCUT2D eigenvalue weighted by Crippen LogP contribution is 2.13. The molecule has 1 aliphatic rings. The molecule has 0 unspecified atom stereocenters. The smallest absolute Gasteiger partial charge is 0.191 e. The Kier molecular flexibility index (Phi) is 7.48. The van der Waals surface area contributed by atoms with Crippen molar-refractivity contribution in [2.75, 3.05) is 26.2 Å². The molecule has 152 valence electrons. The molecule has 1 aliphatic heterocycles. The van der Waals surface area contributed by atoms with Crippen molar-refractivity contribution in [1.29, 1.82) is 0 Å². The third kappa shape index (κ3) is 6.09. The molecule has 3 rings (SSSR count). The van der Waals surface area contributed by atoms with Crippen LogP contribution in [0.5, 0.6) is 0 Å². The molecule has 2 N–H and O–H groups in total. The Labute approximate surface area is 169 Å². The summed E-state index contributed by atoms with van der Waals surface area (Å²) in [6, 6.07) is 10.8. The lowest BCUT2D eigenvalue weighted by Crippen LogP contribution is -2.49. The second-order valence-electron chi connectivity index (χ2n) is 7.93. The first-order valence-corrected chi connectivity index (χ1v) is 10.5. The van der Waals surface area contributed by atoms with Crippen molar-refractivity contribution in [3.63, 3.8) is 0 Å². The maximum Gasteiger partial charge on any atom is 0.191 e. The molecular weight excluding hydrogens is 348 g/mol. The monoisotopic (exact) mass is 382 g/mol. The molecule has 1 aromatic carbocycles. The second-order valence-corrected chi connectivity index (χ2v) is 7.93. The summed E-state index contributed by atoms with van der Waals surface area (Å²) in [5.41, 5.74) is 2.24. The van der Waals surface area contributed by atoms with Crippen molar-refractivity contribution in [3.8, 4) is 5.69 Å². The highest BCUT2D eigenvalue weighted by molar-refractivity contribution is 5.80. The zero-order valence-electron chi connectivity index (χ0n) is 17.4. The standard InChI is InChI=1S/C22H34N6/c1-4-23-22(26-20-9-13-27(14-10-20)17-18(2)3)24-16-19-7-5-8-21(15-19)28-12-6-11-25-28/h5-8,11-12,15,18,20H,4,9-10,13-14,16-17H2,1-3H3,(H2,23,24,26). The number of guanidine groups is 1. The van der Waals surface area contributed by atoms with Gasteiger partial charge in [0, 0.05) is 44.6 Å². The number of benzene rings is 1. The molecule has 1 aromatic heterocycles. The summed E-state index contributed by atoms with van der Waals surface area (Å²) in [5.74, 6) is 1.65. The molecular formula is C22H34N6. The van der Waals surface area contributed by atoms with Crippen LogP contribution in [0, 0.1) is 5.92 Å². The number of nitrogens with zero attached hydrogens (tertiary/aromatic N) is 4. The molecule has 0 bridgehead atoms. The molecule has 2 aromatic rings. The fraction of sp³-hybridized carbons (Fsp3) is 0.545. The molecule has 6 heteroatoms. The number of likely N-dealkylation sites (tertiary alicyclic amines) is 1. The van der Waals surface area contributed by atoms with E-state index in [1.807, 2.05) is 16.9 Å². The molecule has 0 aliphatic carbocycles. The number of aromatic nitrogens is 2. The number of hydrogen-bond acceptors (Lipinski definition) is 3. The van der Waals surface area contributed by atoms with Crippen molar-refractivity contribution in [3.05, 3.63) is 48.3 Å². The number of piperidine rings is 1. The molecule has 0 radical (unpaired) electrons. The fourth-order valence-electron chi connectivity index (χ4n) is 3.68. The van der Waals surface area contributed by atoms with Gasteiger partial charge in [0.1, 0.15) is 0 Å². The van der Waals surface area contributed by atoms with Gasteiger partial charge in [-0.05, 0) is 49.4 Å². The van der Waals surface area contributed by atoms with Gasteiger partial charge in [-0.25, -0.2) is 9.67 Å². The summed E-state index contributed by atoms with van der Waals surface area (Å²) in [7, 11) is 0. The van der Waals surface area contributed by atoms with Gasteiger partial charge in [-0.15, -0.1) is 0 Å². The Hall–Kier alpha value is -2.34. The summed E-state index contributed by atoms with van der Waals surface area (Å²) in [5, 5.41) is 11.3. The van der Waals surface area contributed by atoms with E-state index in [9.17, 15) is 0 Å². The number of rotatable bonds is 7. The lowest BCUT2D eigenvalue weighted by atomic mass is 10.0. The number of aliphatic imine (C=N–C) groups is 1. The van der Waals surface area contributed by atoms with Crippen LogP contribution in [0.3, 0.4) is 0 Å². The minimum absolute atomic E-state index is 0.497. The molecule has 2 heterocycles. The molecule has 1 saturated heterocycles. The van der Waals surface area contributed by atoms with Gasteiger partial charge in [-0.2, -0.15) is 5.10 Å². The van der Waals surface area contributed by atoms with Gasteiger partial charge in [-0.3, -0.25) is 0 Å². The Bertz CT molecular complexity index is 729. The van der Waals surface area contributed by atoms with Gasteiger partial charge in [0.05, 0.1) is 12.2 Å². The Balaban J connectivity index is 1.57. The van der Waals surface area contributed by atoms with Gasteiger partial charge in [0.25, 0.3) is 0 Å². The fourth-order valence-corrected chi connectivity index (χ4v) is 3.68. The first kappa shape index (κ1) is 20.4. The van der Waals surface area contributed by atoms with Crippen molar-refractivity contribution < 1.29 is 0 Å². The molecule has 0 spiro atoms. The van der Waals surface area contributed by atoms with E-state index >= 15 is 0 Å². The van der Waals surface area contributed by atoms with E-state index in [1.165, 1.54) is 38.0 Å². The minimum atomic E-state index is 0.497. The molecule has 0 atom stereocenters. The third-order valence-electron chi connectivity index (χ3n) is 5.00. The largest absolute Gasteiger partial charge is 0.357 e. The maximum atomic E-state index is 4.82. The third-order valence-corrected chi connectivity index (χ3v) is 5.00. The van der Waals surface area contributed by atoms with Crippen LogP contribution in [0.4, 0.5) is 0 Å². The van der Waals surface area contributed by atoms with Gasteiger partial charge in [0.2, 0.25) is 0 Å². The quantitative estimate of drug-likeness (QED) is 0.571. The zero-order chi connectivity index (χ0) is 19.8. The molecule has 0 amide bonds. The predicted molar refractivity (Wildman–Crippen MR) is 116 cm³/mol. The lowest BCUT2D eigenvalue weighted by Gasteiger charge is -2.34. The van der Waals surface area contributed by atoms with Gasteiger partial charge >= 0.3 is 0 Å². The minimum Gasteiger partial charge on any atom is -0.357 e. The maximum absolute atomic E-state index is 4.82. The van der Waals surface area contributed by atoms with Crippen LogP contribution in [0.1, 0.15) is 39.2 Å². The van der Waals surface area contributed by atoms with Crippen LogP contribution in [-0.4, -0.2) is 52.9 Å². The summed E-state index contributed by atoms with van der Waals surface area (Å²) in [6.45, 7) is 11.8. The SMILES string of the molecule is CCNC(=NCc1cccc(-n2cccn2)c1)NC1CCN(CC(C)C)CC1. The number of hydrogen-bond donors (Lipinski definition) is 2. The van der Waals surface area contributed by atoms with Crippen LogP contribution in [0.15, 0.2) is 47.7 Å². The average molecular weight is 383 g/mol. The van der Waals surface area contributed by atoms with E-state index in [0.717, 1.165) is 24.1 Å². The van der Waals surface area contributed by atoms with E-state index in [2.05, 4.69) is 65.7 Å². The Morgan fingerprint density at radius 2 is 2.07 bits per heavy atom. The summed E-state index contributed by atoms with van der Waals surface area (Å²) >= 11 is 0. The van der Waals surface area contributed by atoms with Crippen LogP contribution < -0.4 is 10.6 Å². The van der Waals surface area contributed by atoms with E-state index < -0.39 is 0 Å². The predicted octanol–water partition coefficient (Wildman–Crippen LogP) is 3.05. The van der Waals surface area contributed by atoms with E-state index in [1.54, 1.807) is 6.20 Å². The Morgan fingerprint density at radius 3 is 2.75 bits per heavy atom. The molecule has 28 heavy (non-hydrogen) atoms. The van der Waals surface area contributed by atoms with Crippen LogP contribution in [0.25, 0.3) is 5.69 Å². The summed E-state index contributed by atoms with van der Waals surface area (Å²) in [4.78, 5) is 7.40. The summed E-state index contributed by atoms with van der Waals surface area (Å²) in [6.07, 6.45) is 6.10. The molecule has 6 nitrogen and oxygen atoms in total. The number of nitrogens with one attached hydrogen (secondary N) is 2. The van der Waals surface area contributed by atoms with Crippen molar-refractivity contribution >= 4 is 5.96 Å². The van der Waals surface area contributed by atoms with Gasteiger partial charge in [-0.1, -0.05) is 26.0 Å². The zero-order valence-corrected chi connectivity index (χ0v) is 17.4. The lowest BCUT2D eigenvalue weighted by molar-refractivity contribution is 0.187. The van der Waals surface area contributed by atoms with Crippen molar-refractivity contribution in [2.45, 2.75) is 46.2 Å². The highest BCUT2D eigenvalue weighted by Gasteiger charge is 2.20. The molecule has 1 fully saturated rings.